The molecular weight excluding hydrogens is 302 g/mol. The summed E-state index contributed by atoms with van der Waals surface area (Å²) in [7, 11) is 0. The third kappa shape index (κ3) is 2.83. The van der Waals surface area contributed by atoms with Crippen LogP contribution in [0.5, 0.6) is 0 Å². The van der Waals surface area contributed by atoms with Crippen molar-refractivity contribution in [2.45, 2.75) is 24.6 Å². The molecule has 1 aliphatic heterocycles. The number of carbonyl (C=O) groups excluding carboxylic acids is 1. The second-order valence-electron chi connectivity index (χ2n) is 4.40. The van der Waals surface area contributed by atoms with Gasteiger partial charge in [0, 0.05) is 17.9 Å². The van der Waals surface area contributed by atoms with Crippen LogP contribution in [0.15, 0.2) is 18.2 Å². The van der Waals surface area contributed by atoms with Gasteiger partial charge in [0.1, 0.15) is 0 Å². The summed E-state index contributed by atoms with van der Waals surface area (Å²) in [5.41, 5.74) is 1.58. The fourth-order valence-corrected chi connectivity index (χ4v) is 2.65. The summed E-state index contributed by atoms with van der Waals surface area (Å²) >= 11 is 9.76. The van der Waals surface area contributed by atoms with E-state index in [2.05, 4.69) is 15.9 Å². The lowest BCUT2D eigenvalue weighted by Gasteiger charge is -2.29. The molecule has 4 heteroatoms. The second kappa shape index (κ2) is 5.40. The minimum absolute atomic E-state index is 0.0538. The van der Waals surface area contributed by atoms with Crippen LogP contribution in [-0.4, -0.2) is 28.7 Å². The van der Waals surface area contributed by atoms with E-state index in [1.807, 2.05) is 24.0 Å². The first-order valence-corrected chi connectivity index (χ1v) is 7.07. The van der Waals surface area contributed by atoms with Gasteiger partial charge in [-0.05, 0) is 31.4 Å². The summed E-state index contributed by atoms with van der Waals surface area (Å²) in [6.07, 6.45) is 2.02. The molecule has 0 N–H and O–H groups in total. The topological polar surface area (TPSA) is 20.3 Å². The van der Waals surface area contributed by atoms with E-state index in [1.165, 1.54) is 0 Å². The van der Waals surface area contributed by atoms with Crippen LogP contribution in [0, 0.1) is 6.92 Å². The minimum Gasteiger partial charge on any atom is -0.339 e. The number of hydrogen-bond acceptors (Lipinski definition) is 1. The molecule has 0 spiro atoms. The Morgan fingerprint density at radius 2 is 2.06 bits per heavy atom. The number of aryl methyl sites for hydroxylation is 1. The summed E-state index contributed by atoms with van der Waals surface area (Å²) in [6.45, 7) is 3.53. The Morgan fingerprint density at radius 1 is 1.41 bits per heavy atom. The molecule has 1 amide bonds. The highest BCUT2D eigenvalue weighted by Gasteiger charge is 2.23. The molecule has 1 heterocycles. The summed E-state index contributed by atoms with van der Waals surface area (Å²) < 4.78 is 0. The molecule has 0 aromatic heterocycles. The van der Waals surface area contributed by atoms with Gasteiger partial charge >= 0.3 is 0 Å². The van der Waals surface area contributed by atoms with Crippen molar-refractivity contribution in [2.75, 3.05) is 13.1 Å². The van der Waals surface area contributed by atoms with Gasteiger partial charge in [0.25, 0.3) is 5.91 Å². The number of alkyl halides is 1. The van der Waals surface area contributed by atoms with Crippen molar-refractivity contribution >= 4 is 33.4 Å². The van der Waals surface area contributed by atoms with Crippen LogP contribution in [0.3, 0.4) is 0 Å². The molecule has 0 bridgehead atoms. The zero-order valence-electron chi connectivity index (χ0n) is 9.75. The van der Waals surface area contributed by atoms with Gasteiger partial charge in [-0.2, -0.15) is 0 Å². The quantitative estimate of drug-likeness (QED) is 0.724. The number of likely N-dealkylation sites (tertiary alicyclic amines) is 1. The number of nitrogens with zero attached hydrogens (tertiary/aromatic N) is 1. The molecule has 0 unspecified atom stereocenters. The fraction of sp³-hybridized carbons (Fsp3) is 0.462. The van der Waals surface area contributed by atoms with Gasteiger partial charge in [0.2, 0.25) is 0 Å². The van der Waals surface area contributed by atoms with Gasteiger partial charge in [0.05, 0.1) is 10.6 Å². The first kappa shape index (κ1) is 12.9. The summed E-state index contributed by atoms with van der Waals surface area (Å²) in [5, 5.41) is 0.582. The average molecular weight is 317 g/mol. The van der Waals surface area contributed by atoms with Crippen molar-refractivity contribution < 1.29 is 4.79 Å². The minimum atomic E-state index is 0.0538. The predicted molar refractivity (Wildman–Crippen MR) is 74.0 cm³/mol. The number of halogens is 2. The molecule has 1 fully saturated rings. The van der Waals surface area contributed by atoms with E-state index in [0.717, 1.165) is 31.5 Å². The second-order valence-corrected chi connectivity index (χ2v) is 6.08. The number of hydrogen-bond donors (Lipinski definition) is 0. The van der Waals surface area contributed by atoms with Gasteiger partial charge in [0.15, 0.2) is 0 Å². The van der Waals surface area contributed by atoms with E-state index >= 15 is 0 Å². The predicted octanol–water partition coefficient (Wildman–Crippen LogP) is 3.65. The van der Waals surface area contributed by atoms with Crippen LogP contribution in [-0.2, 0) is 0 Å². The van der Waals surface area contributed by atoms with Gasteiger partial charge in [-0.3, -0.25) is 4.79 Å². The van der Waals surface area contributed by atoms with E-state index in [-0.39, 0.29) is 5.91 Å². The molecule has 1 saturated heterocycles. The lowest BCUT2D eigenvalue weighted by Crippen LogP contribution is -2.38. The molecule has 0 atom stereocenters. The molecule has 2 nitrogen and oxygen atoms in total. The van der Waals surface area contributed by atoms with Crippen molar-refractivity contribution in [3.63, 3.8) is 0 Å². The largest absolute Gasteiger partial charge is 0.339 e. The Morgan fingerprint density at radius 3 is 2.71 bits per heavy atom. The van der Waals surface area contributed by atoms with Crippen molar-refractivity contribution in [3.8, 4) is 0 Å². The summed E-state index contributed by atoms with van der Waals surface area (Å²) in [6, 6.07) is 5.60. The number of amides is 1. The third-order valence-corrected chi connectivity index (χ3v) is 4.55. The first-order valence-electron chi connectivity index (χ1n) is 5.78. The Hall–Kier alpha value is -0.540. The van der Waals surface area contributed by atoms with Crippen LogP contribution in [0.2, 0.25) is 5.02 Å². The highest BCUT2D eigenvalue weighted by molar-refractivity contribution is 9.09. The zero-order chi connectivity index (χ0) is 12.4. The monoisotopic (exact) mass is 315 g/mol. The highest BCUT2D eigenvalue weighted by Crippen LogP contribution is 2.24. The lowest BCUT2D eigenvalue weighted by atomic mass is 10.1. The zero-order valence-corrected chi connectivity index (χ0v) is 12.1. The molecule has 1 aromatic carbocycles. The Bertz CT molecular complexity index is 427. The maximum absolute atomic E-state index is 12.3. The van der Waals surface area contributed by atoms with Crippen molar-refractivity contribution in [1.82, 2.24) is 4.90 Å². The van der Waals surface area contributed by atoms with Gasteiger partial charge in [-0.25, -0.2) is 0 Å². The fourth-order valence-electron chi connectivity index (χ4n) is 2.03. The standard InChI is InChI=1S/C13H15BrClNO/c1-9-3-2-4-11(12(9)15)13(17)16-7-5-10(14)6-8-16/h2-4,10H,5-8H2,1H3. The maximum atomic E-state index is 12.3. The lowest BCUT2D eigenvalue weighted by molar-refractivity contribution is 0.0728. The van der Waals surface area contributed by atoms with Gasteiger partial charge in [-0.1, -0.05) is 39.7 Å². The summed E-state index contributed by atoms with van der Waals surface area (Å²) in [5.74, 6) is 0.0538. The van der Waals surface area contributed by atoms with Crippen molar-refractivity contribution in [3.05, 3.63) is 34.3 Å². The van der Waals surface area contributed by atoms with Crippen molar-refractivity contribution in [1.29, 1.82) is 0 Å². The van der Waals surface area contributed by atoms with E-state index in [4.69, 9.17) is 11.6 Å². The Labute approximate surface area is 115 Å². The molecule has 1 aromatic rings. The Kier molecular flexibility index (Phi) is 4.10. The normalized spacial score (nSPS) is 17.2. The van der Waals surface area contributed by atoms with E-state index in [0.29, 0.717) is 15.4 Å². The molecule has 1 aliphatic rings. The van der Waals surface area contributed by atoms with E-state index in [9.17, 15) is 4.79 Å². The molecule has 0 aliphatic carbocycles. The van der Waals surface area contributed by atoms with Crippen LogP contribution >= 0.6 is 27.5 Å². The van der Waals surface area contributed by atoms with Crippen LogP contribution < -0.4 is 0 Å². The highest BCUT2D eigenvalue weighted by atomic mass is 79.9. The SMILES string of the molecule is Cc1cccc(C(=O)N2CCC(Br)CC2)c1Cl. The van der Waals surface area contributed by atoms with Gasteiger partial charge < -0.3 is 4.90 Å². The third-order valence-electron chi connectivity index (χ3n) is 3.13. The molecule has 92 valence electrons. The maximum Gasteiger partial charge on any atom is 0.255 e. The molecule has 2 rings (SSSR count). The molecule has 0 saturated carbocycles. The van der Waals surface area contributed by atoms with Crippen molar-refractivity contribution in [2.24, 2.45) is 0 Å². The van der Waals surface area contributed by atoms with E-state index < -0.39 is 0 Å². The van der Waals surface area contributed by atoms with Crippen LogP contribution in [0.25, 0.3) is 0 Å². The first-order chi connectivity index (χ1) is 8.09. The number of benzene rings is 1. The van der Waals surface area contributed by atoms with Crippen LogP contribution in [0.4, 0.5) is 0 Å². The number of piperidine rings is 1. The molecule has 17 heavy (non-hydrogen) atoms. The number of carbonyl (C=O) groups is 1. The number of rotatable bonds is 1. The molecular formula is C13H15BrClNO. The Balaban J connectivity index is 2.17. The van der Waals surface area contributed by atoms with E-state index in [1.54, 1.807) is 6.07 Å². The smallest absolute Gasteiger partial charge is 0.255 e. The molecule has 0 radical (unpaired) electrons. The van der Waals surface area contributed by atoms with Crippen LogP contribution in [0.1, 0.15) is 28.8 Å². The van der Waals surface area contributed by atoms with Gasteiger partial charge in [-0.15, -0.1) is 0 Å². The average Bonchev–Trinajstić information content (AvgIpc) is 2.33. The summed E-state index contributed by atoms with van der Waals surface area (Å²) in [4.78, 5) is 14.7.